The minimum Gasteiger partial charge on any atom is -0.361 e. The third kappa shape index (κ3) is 2.63. The molecular weight excluding hydrogens is 350 g/mol. The average molecular weight is 369 g/mol. The zero-order chi connectivity index (χ0) is 19.1. The molecule has 4 heterocycles. The van der Waals surface area contributed by atoms with Crippen LogP contribution in [0.3, 0.4) is 0 Å². The van der Waals surface area contributed by atoms with Crippen molar-refractivity contribution in [2.45, 2.75) is 26.3 Å². The minimum absolute atomic E-state index is 0.261. The van der Waals surface area contributed by atoms with Crippen molar-refractivity contribution in [2.24, 2.45) is 0 Å². The van der Waals surface area contributed by atoms with Gasteiger partial charge in [0, 0.05) is 29.4 Å². The second-order valence-corrected chi connectivity index (χ2v) is 7.03. The monoisotopic (exact) mass is 369 g/mol. The summed E-state index contributed by atoms with van der Waals surface area (Å²) in [7, 11) is 0. The summed E-state index contributed by atoms with van der Waals surface area (Å²) >= 11 is 0. The van der Waals surface area contributed by atoms with Gasteiger partial charge in [0.05, 0.1) is 12.7 Å². The number of benzene rings is 1. The van der Waals surface area contributed by atoms with Crippen LogP contribution in [0.2, 0.25) is 0 Å². The topological polar surface area (TPSA) is 81.4 Å². The van der Waals surface area contributed by atoms with Gasteiger partial charge in [-0.15, -0.1) is 10.2 Å². The number of hydrogen-bond donors (Lipinski definition) is 1. The summed E-state index contributed by atoms with van der Waals surface area (Å²) in [6, 6.07) is 12.1. The molecule has 0 radical (unpaired) electrons. The molecule has 1 aliphatic rings. The maximum absolute atomic E-state index is 4.82. The molecule has 0 unspecified atom stereocenters. The van der Waals surface area contributed by atoms with E-state index < -0.39 is 0 Å². The first-order valence-corrected chi connectivity index (χ1v) is 9.27. The number of nitrogens with one attached hydrogen (secondary N) is 1. The van der Waals surface area contributed by atoms with E-state index in [2.05, 4.69) is 56.0 Å². The van der Waals surface area contributed by atoms with Gasteiger partial charge in [0.25, 0.3) is 0 Å². The number of fused-ring (bicyclic) bond motifs is 3. The molecule has 0 saturated carbocycles. The Kier molecular flexibility index (Phi) is 3.86. The van der Waals surface area contributed by atoms with Crippen molar-refractivity contribution in [3.8, 4) is 28.2 Å². The summed E-state index contributed by atoms with van der Waals surface area (Å²) in [5.41, 5.74) is 3.92. The van der Waals surface area contributed by atoms with Crippen LogP contribution in [0.25, 0.3) is 28.2 Å². The normalized spacial score (nSPS) is 12.4. The second-order valence-electron chi connectivity index (χ2n) is 7.03. The molecule has 138 valence electrons. The Morgan fingerprint density at radius 2 is 1.86 bits per heavy atom. The summed E-state index contributed by atoms with van der Waals surface area (Å²) in [4.78, 5) is 13.8. The zero-order valence-corrected chi connectivity index (χ0v) is 15.7. The highest BCUT2D eigenvalue weighted by Gasteiger charge is 2.24. The zero-order valence-electron chi connectivity index (χ0n) is 15.7. The quantitative estimate of drug-likeness (QED) is 0.591. The Labute approximate surface area is 162 Å². The first-order valence-electron chi connectivity index (χ1n) is 9.27. The molecule has 0 bridgehead atoms. The summed E-state index contributed by atoms with van der Waals surface area (Å²) in [5, 5.41) is 12.0. The number of nitrogens with zero attached hydrogens (tertiary/aromatic N) is 6. The fourth-order valence-electron chi connectivity index (χ4n) is 3.48. The Morgan fingerprint density at radius 1 is 1.00 bits per heavy atom. The molecule has 4 aromatic rings. The van der Waals surface area contributed by atoms with Crippen LogP contribution in [0.15, 0.2) is 55.0 Å². The highest BCUT2D eigenvalue weighted by molar-refractivity contribution is 5.80. The third-order valence-electron chi connectivity index (χ3n) is 4.84. The van der Waals surface area contributed by atoms with E-state index in [0.717, 1.165) is 39.8 Å². The van der Waals surface area contributed by atoms with Gasteiger partial charge in [-0.05, 0) is 11.6 Å². The average Bonchev–Trinajstić information content (AvgIpc) is 3.19. The molecule has 0 atom stereocenters. The molecule has 1 aliphatic heterocycles. The van der Waals surface area contributed by atoms with Gasteiger partial charge in [-0.25, -0.2) is 9.97 Å². The van der Waals surface area contributed by atoms with Gasteiger partial charge in [0.2, 0.25) is 0 Å². The first-order chi connectivity index (χ1) is 13.7. The summed E-state index contributed by atoms with van der Waals surface area (Å²) in [6.45, 7) is 4.81. The van der Waals surface area contributed by atoms with Crippen molar-refractivity contribution >= 4 is 5.82 Å². The largest absolute Gasteiger partial charge is 0.361 e. The lowest BCUT2D eigenvalue weighted by Crippen LogP contribution is -2.19. The lowest BCUT2D eigenvalue weighted by molar-refractivity contribution is 0.728. The molecule has 28 heavy (non-hydrogen) atoms. The van der Waals surface area contributed by atoms with Crippen molar-refractivity contribution in [3.05, 3.63) is 66.6 Å². The maximum atomic E-state index is 4.82. The Morgan fingerprint density at radius 3 is 2.68 bits per heavy atom. The van der Waals surface area contributed by atoms with Crippen LogP contribution >= 0.6 is 0 Å². The van der Waals surface area contributed by atoms with E-state index in [0.29, 0.717) is 12.4 Å². The van der Waals surface area contributed by atoms with E-state index in [-0.39, 0.29) is 5.92 Å². The van der Waals surface area contributed by atoms with Crippen molar-refractivity contribution < 1.29 is 0 Å². The first kappa shape index (κ1) is 16.6. The fourth-order valence-corrected chi connectivity index (χ4v) is 3.48. The van der Waals surface area contributed by atoms with Crippen molar-refractivity contribution in [1.29, 1.82) is 0 Å². The van der Waals surface area contributed by atoms with E-state index in [1.807, 2.05) is 36.7 Å². The van der Waals surface area contributed by atoms with Crippen molar-refractivity contribution in [2.75, 3.05) is 5.32 Å². The van der Waals surface area contributed by atoms with Crippen LogP contribution < -0.4 is 5.32 Å². The van der Waals surface area contributed by atoms with Crippen LogP contribution in [0, 0.1) is 0 Å². The predicted molar refractivity (Wildman–Crippen MR) is 107 cm³/mol. The Balaban J connectivity index is 1.64. The maximum Gasteiger partial charge on any atom is 0.162 e. The van der Waals surface area contributed by atoms with Crippen LogP contribution in [-0.2, 0) is 6.54 Å². The van der Waals surface area contributed by atoms with Crippen LogP contribution in [0.5, 0.6) is 0 Å². The predicted octanol–water partition coefficient (Wildman–Crippen LogP) is 3.84. The summed E-state index contributed by atoms with van der Waals surface area (Å²) < 4.78 is 2.06. The van der Waals surface area contributed by atoms with Gasteiger partial charge in [-0.1, -0.05) is 44.2 Å². The molecule has 0 saturated heterocycles. The number of hydrogen-bond acceptors (Lipinski definition) is 6. The molecule has 1 N–H and O–H groups in total. The molecular formula is C21H19N7. The molecule has 0 amide bonds. The van der Waals surface area contributed by atoms with Crippen molar-refractivity contribution in [1.82, 2.24) is 29.7 Å². The number of rotatable bonds is 3. The molecule has 0 spiro atoms. The lowest BCUT2D eigenvalue weighted by atomic mass is 10.0. The number of aromatic nitrogens is 6. The lowest BCUT2D eigenvalue weighted by Gasteiger charge is -2.21. The third-order valence-corrected chi connectivity index (χ3v) is 4.84. The van der Waals surface area contributed by atoms with Crippen molar-refractivity contribution in [3.63, 3.8) is 0 Å². The molecule has 3 aromatic heterocycles. The van der Waals surface area contributed by atoms with Gasteiger partial charge >= 0.3 is 0 Å². The molecule has 7 heteroatoms. The van der Waals surface area contributed by atoms with E-state index in [1.54, 1.807) is 6.20 Å². The van der Waals surface area contributed by atoms with Crippen LogP contribution in [-0.4, -0.2) is 29.7 Å². The van der Waals surface area contributed by atoms with Crippen LogP contribution in [0.1, 0.15) is 31.4 Å². The molecule has 1 aromatic carbocycles. The summed E-state index contributed by atoms with van der Waals surface area (Å²) in [5.74, 6) is 3.51. The molecule has 0 aliphatic carbocycles. The fraction of sp³-hybridized carbons (Fsp3) is 0.190. The molecule has 0 fully saturated rings. The van der Waals surface area contributed by atoms with Gasteiger partial charge in [-0.3, -0.25) is 9.55 Å². The van der Waals surface area contributed by atoms with Gasteiger partial charge in [0.1, 0.15) is 11.5 Å². The Bertz CT molecular complexity index is 1150. The van der Waals surface area contributed by atoms with E-state index >= 15 is 0 Å². The highest BCUT2D eigenvalue weighted by Crippen LogP contribution is 2.33. The number of anilines is 1. The van der Waals surface area contributed by atoms with E-state index in [1.165, 1.54) is 0 Å². The SMILES string of the molecule is CC(C)c1nnc2n1-c1cnc(-c3ccncc3-c3ccccc3)nc1NC2. The van der Waals surface area contributed by atoms with Gasteiger partial charge in [-0.2, -0.15) is 0 Å². The summed E-state index contributed by atoms with van der Waals surface area (Å²) in [6.07, 6.45) is 5.47. The smallest absolute Gasteiger partial charge is 0.162 e. The minimum atomic E-state index is 0.261. The molecule has 7 nitrogen and oxygen atoms in total. The van der Waals surface area contributed by atoms with Gasteiger partial charge < -0.3 is 5.32 Å². The van der Waals surface area contributed by atoms with Crippen LogP contribution in [0.4, 0.5) is 5.82 Å². The van der Waals surface area contributed by atoms with E-state index in [9.17, 15) is 0 Å². The standard InChI is InChI=1S/C21H19N7/c1-13(2)21-27-26-18-12-24-20-17(28(18)21)11-23-19(25-20)15-8-9-22-10-16(15)14-6-4-3-5-7-14/h3-11,13H,12H2,1-2H3,(H,23,24,25). The van der Waals surface area contributed by atoms with Gasteiger partial charge in [0.15, 0.2) is 17.5 Å². The highest BCUT2D eigenvalue weighted by atomic mass is 15.3. The van der Waals surface area contributed by atoms with E-state index in [4.69, 9.17) is 4.98 Å². The second kappa shape index (κ2) is 6.53. The molecule has 5 rings (SSSR count). The Hall–Kier alpha value is -3.61. The number of pyridine rings is 1.